The maximum absolute atomic E-state index is 11.3. The summed E-state index contributed by atoms with van der Waals surface area (Å²) in [7, 11) is 0. The minimum absolute atomic E-state index is 0.0423. The highest BCUT2D eigenvalue weighted by molar-refractivity contribution is 6.30. The van der Waals surface area contributed by atoms with Crippen molar-refractivity contribution >= 4 is 23.0 Å². The number of nitrogens with zero attached hydrogens (tertiary/aromatic N) is 1. The maximum atomic E-state index is 11.3. The van der Waals surface area contributed by atoms with E-state index in [1.807, 2.05) is 60.7 Å². The van der Waals surface area contributed by atoms with Gasteiger partial charge in [-0.25, -0.2) is 0 Å². The predicted molar refractivity (Wildman–Crippen MR) is 96.5 cm³/mol. The lowest BCUT2D eigenvalue weighted by molar-refractivity contribution is -0.384. The molecule has 0 saturated heterocycles. The van der Waals surface area contributed by atoms with Crippen LogP contribution in [-0.4, -0.2) is 4.92 Å². The van der Waals surface area contributed by atoms with E-state index in [-0.39, 0.29) is 11.7 Å². The van der Waals surface area contributed by atoms with Gasteiger partial charge in [0.15, 0.2) is 0 Å². The zero-order chi connectivity index (χ0) is 16.9. The van der Waals surface area contributed by atoms with E-state index in [4.69, 9.17) is 11.6 Å². The van der Waals surface area contributed by atoms with Gasteiger partial charge < -0.3 is 5.32 Å². The Bertz CT molecular complexity index is 799. The first-order valence-electron chi connectivity index (χ1n) is 7.45. The van der Waals surface area contributed by atoms with Crippen molar-refractivity contribution in [1.29, 1.82) is 0 Å². The molecule has 0 spiro atoms. The van der Waals surface area contributed by atoms with Gasteiger partial charge in [0.1, 0.15) is 5.69 Å². The topological polar surface area (TPSA) is 55.2 Å². The fourth-order valence-corrected chi connectivity index (χ4v) is 2.75. The average Bonchev–Trinajstić information content (AvgIpc) is 2.62. The van der Waals surface area contributed by atoms with Gasteiger partial charge in [0.2, 0.25) is 0 Å². The Hall–Kier alpha value is -2.85. The van der Waals surface area contributed by atoms with Gasteiger partial charge in [-0.15, -0.1) is 0 Å². The molecule has 5 heteroatoms. The first kappa shape index (κ1) is 16.0. The molecule has 24 heavy (non-hydrogen) atoms. The summed E-state index contributed by atoms with van der Waals surface area (Å²) in [5, 5.41) is 15.0. The Labute approximate surface area is 144 Å². The van der Waals surface area contributed by atoms with Crippen molar-refractivity contribution in [2.45, 2.75) is 6.04 Å². The first-order chi connectivity index (χ1) is 11.6. The van der Waals surface area contributed by atoms with Crippen LogP contribution in [0.5, 0.6) is 0 Å². The molecule has 0 atom stereocenters. The summed E-state index contributed by atoms with van der Waals surface area (Å²) in [5.41, 5.74) is 2.43. The molecule has 0 unspecified atom stereocenters. The molecule has 1 N–H and O–H groups in total. The summed E-state index contributed by atoms with van der Waals surface area (Å²) >= 11 is 5.90. The molecule has 0 aliphatic carbocycles. The van der Waals surface area contributed by atoms with Gasteiger partial charge in [-0.2, -0.15) is 0 Å². The Morgan fingerprint density at radius 2 is 1.42 bits per heavy atom. The van der Waals surface area contributed by atoms with E-state index in [9.17, 15) is 10.1 Å². The van der Waals surface area contributed by atoms with Crippen molar-refractivity contribution in [3.05, 3.63) is 105 Å². The molecule has 0 bridgehead atoms. The van der Waals surface area contributed by atoms with E-state index in [1.54, 1.807) is 12.1 Å². The molecule has 0 saturated carbocycles. The van der Waals surface area contributed by atoms with E-state index >= 15 is 0 Å². The largest absolute Gasteiger partial charge is 0.369 e. The summed E-state index contributed by atoms with van der Waals surface area (Å²) in [6, 6.07) is 24.1. The second-order valence-corrected chi connectivity index (χ2v) is 5.75. The number of halogens is 1. The number of benzene rings is 3. The highest BCUT2D eigenvalue weighted by Gasteiger charge is 2.20. The van der Waals surface area contributed by atoms with Crippen LogP contribution in [0.3, 0.4) is 0 Å². The standard InChI is InChI=1S/C19H15ClN2O2/c20-16-11-12-17(18(13-16)22(23)24)21-19(14-7-3-1-4-8-14)15-9-5-2-6-10-15/h1-13,19,21H. The van der Waals surface area contributed by atoms with Crippen molar-refractivity contribution in [2.24, 2.45) is 0 Å². The number of nitro groups is 1. The summed E-state index contributed by atoms with van der Waals surface area (Å²) in [4.78, 5) is 10.9. The molecular formula is C19H15ClN2O2. The van der Waals surface area contributed by atoms with Crippen molar-refractivity contribution < 1.29 is 4.92 Å². The van der Waals surface area contributed by atoms with Crippen LogP contribution >= 0.6 is 11.6 Å². The number of nitrogens with one attached hydrogen (secondary N) is 1. The Kier molecular flexibility index (Phi) is 4.77. The first-order valence-corrected chi connectivity index (χ1v) is 7.83. The SMILES string of the molecule is O=[N+]([O-])c1cc(Cl)ccc1NC(c1ccccc1)c1ccccc1. The Morgan fingerprint density at radius 1 is 0.875 bits per heavy atom. The van der Waals surface area contributed by atoms with Crippen LogP contribution in [0, 0.1) is 10.1 Å². The third-order valence-corrected chi connectivity index (χ3v) is 3.96. The van der Waals surface area contributed by atoms with Crippen LogP contribution in [-0.2, 0) is 0 Å². The quantitative estimate of drug-likeness (QED) is 0.497. The predicted octanol–water partition coefficient (Wildman–Crippen LogP) is 5.45. The molecule has 0 aliphatic rings. The van der Waals surface area contributed by atoms with E-state index in [1.165, 1.54) is 6.07 Å². The van der Waals surface area contributed by atoms with Crippen LogP contribution in [0.2, 0.25) is 5.02 Å². The molecule has 0 amide bonds. The van der Waals surface area contributed by atoms with Gasteiger partial charge in [-0.05, 0) is 23.3 Å². The van der Waals surface area contributed by atoms with Crippen LogP contribution in [0.15, 0.2) is 78.9 Å². The zero-order valence-corrected chi connectivity index (χ0v) is 13.5. The monoisotopic (exact) mass is 338 g/mol. The highest BCUT2D eigenvalue weighted by Crippen LogP contribution is 2.33. The molecule has 3 rings (SSSR count). The lowest BCUT2D eigenvalue weighted by Gasteiger charge is -2.21. The van der Waals surface area contributed by atoms with Crippen molar-refractivity contribution in [2.75, 3.05) is 5.32 Å². The lowest BCUT2D eigenvalue weighted by Crippen LogP contribution is -2.13. The minimum Gasteiger partial charge on any atom is -0.369 e. The fourth-order valence-electron chi connectivity index (χ4n) is 2.58. The molecule has 0 heterocycles. The number of anilines is 1. The molecule has 3 aromatic carbocycles. The second-order valence-electron chi connectivity index (χ2n) is 5.32. The second kappa shape index (κ2) is 7.15. The van der Waals surface area contributed by atoms with Crippen LogP contribution in [0.1, 0.15) is 17.2 Å². The van der Waals surface area contributed by atoms with Crippen molar-refractivity contribution in [1.82, 2.24) is 0 Å². The van der Waals surface area contributed by atoms with Gasteiger partial charge in [0.25, 0.3) is 5.69 Å². The van der Waals surface area contributed by atoms with E-state index < -0.39 is 4.92 Å². The average molecular weight is 339 g/mol. The van der Waals surface area contributed by atoms with Crippen molar-refractivity contribution in [3.63, 3.8) is 0 Å². The van der Waals surface area contributed by atoms with Crippen LogP contribution in [0.25, 0.3) is 0 Å². The summed E-state index contributed by atoms with van der Waals surface area (Å²) in [5.74, 6) is 0. The van der Waals surface area contributed by atoms with Gasteiger partial charge in [-0.1, -0.05) is 72.3 Å². The van der Waals surface area contributed by atoms with E-state index in [0.29, 0.717) is 10.7 Å². The summed E-state index contributed by atoms with van der Waals surface area (Å²) < 4.78 is 0. The minimum atomic E-state index is -0.429. The third kappa shape index (κ3) is 3.55. The number of hydrogen-bond acceptors (Lipinski definition) is 3. The number of rotatable bonds is 5. The molecule has 0 radical (unpaired) electrons. The molecule has 0 aliphatic heterocycles. The maximum Gasteiger partial charge on any atom is 0.293 e. The smallest absolute Gasteiger partial charge is 0.293 e. The number of nitro benzene ring substituents is 1. The fraction of sp³-hybridized carbons (Fsp3) is 0.0526. The molecule has 0 fully saturated rings. The summed E-state index contributed by atoms with van der Waals surface area (Å²) in [6.07, 6.45) is 0. The van der Waals surface area contributed by atoms with Gasteiger partial charge in [0, 0.05) is 11.1 Å². The molecule has 4 nitrogen and oxygen atoms in total. The normalized spacial score (nSPS) is 10.6. The van der Waals surface area contributed by atoms with Crippen LogP contribution < -0.4 is 5.32 Å². The van der Waals surface area contributed by atoms with Crippen LogP contribution in [0.4, 0.5) is 11.4 Å². The zero-order valence-electron chi connectivity index (χ0n) is 12.7. The number of hydrogen-bond donors (Lipinski definition) is 1. The summed E-state index contributed by atoms with van der Waals surface area (Å²) in [6.45, 7) is 0. The Balaban J connectivity index is 2.04. The molecule has 120 valence electrons. The van der Waals surface area contributed by atoms with Crippen molar-refractivity contribution in [3.8, 4) is 0 Å². The van der Waals surface area contributed by atoms with Gasteiger partial charge in [-0.3, -0.25) is 10.1 Å². The third-order valence-electron chi connectivity index (χ3n) is 3.72. The van der Waals surface area contributed by atoms with Gasteiger partial charge in [0.05, 0.1) is 11.0 Å². The van der Waals surface area contributed by atoms with Gasteiger partial charge >= 0.3 is 0 Å². The molecular weight excluding hydrogens is 324 g/mol. The van der Waals surface area contributed by atoms with E-state index in [2.05, 4.69) is 5.32 Å². The molecule has 3 aromatic rings. The lowest BCUT2D eigenvalue weighted by atomic mass is 9.98. The highest BCUT2D eigenvalue weighted by atomic mass is 35.5. The van der Waals surface area contributed by atoms with E-state index in [0.717, 1.165) is 11.1 Å². The Morgan fingerprint density at radius 3 is 1.92 bits per heavy atom. The molecule has 0 aromatic heterocycles.